The molecule has 0 saturated carbocycles. The van der Waals surface area contributed by atoms with Gasteiger partial charge >= 0.3 is 0 Å². The lowest BCUT2D eigenvalue weighted by Gasteiger charge is -2.29. The second kappa shape index (κ2) is 5.60. The molecule has 17 heavy (non-hydrogen) atoms. The number of hydrogen-bond donors (Lipinski definition) is 1. The molecule has 1 aromatic rings. The van der Waals surface area contributed by atoms with Crippen LogP contribution >= 0.6 is 11.3 Å². The molecule has 0 aliphatic carbocycles. The maximum Gasteiger partial charge on any atom is 0.240 e. The fraction of sp³-hybridized carbons (Fsp3) is 0.667. The van der Waals surface area contributed by atoms with Gasteiger partial charge in [0.15, 0.2) is 5.13 Å². The minimum absolute atomic E-state index is 0.0495. The zero-order chi connectivity index (χ0) is 12.3. The van der Waals surface area contributed by atoms with E-state index in [1.165, 1.54) is 24.2 Å². The van der Waals surface area contributed by atoms with Crippen molar-refractivity contribution < 1.29 is 4.79 Å². The third kappa shape index (κ3) is 3.78. The topological polar surface area (TPSA) is 45.2 Å². The van der Waals surface area contributed by atoms with E-state index < -0.39 is 0 Å². The van der Waals surface area contributed by atoms with Crippen LogP contribution in [0.3, 0.4) is 0 Å². The van der Waals surface area contributed by atoms with Crippen LogP contribution in [0.1, 0.15) is 25.5 Å². The van der Waals surface area contributed by atoms with Crippen molar-refractivity contribution in [2.45, 2.75) is 26.7 Å². The molecule has 4 nitrogen and oxygen atoms in total. The van der Waals surface area contributed by atoms with Gasteiger partial charge in [0.05, 0.1) is 12.2 Å². The number of nitrogens with zero attached hydrogens (tertiary/aromatic N) is 2. The quantitative estimate of drug-likeness (QED) is 0.897. The molecule has 0 spiro atoms. The summed E-state index contributed by atoms with van der Waals surface area (Å²) in [5, 5.41) is 5.50. The van der Waals surface area contributed by atoms with Gasteiger partial charge in [0.2, 0.25) is 5.91 Å². The number of rotatable bonds is 3. The second-order valence-corrected chi connectivity index (χ2v) is 5.68. The molecule has 5 heteroatoms. The predicted molar refractivity (Wildman–Crippen MR) is 70.3 cm³/mol. The normalized spacial score (nSPS) is 21.4. The average molecular weight is 253 g/mol. The van der Waals surface area contributed by atoms with Crippen molar-refractivity contribution >= 4 is 22.4 Å². The predicted octanol–water partition coefficient (Wildman–Crippen LogP) is 2.12. The molecule has 1 saturated heterocycles. The standard InChI is InChI=1S/C12H19N3OS/c1-9-4-3-5-15(6-9)7-11(16)14-12-13-10(2)8-17-12/h8-9H,3-7H2,1-2H3,(H,13,14,16). The van der Waals surface area contributed by atoms with Crippen LogP contribution in [0.15, 0.2) is 5.38 Å². The number of carbonyl (C=O) groups is 1. The van der Waals surface area contributed by atoms with Gasteiger partial charge in [-0.25, -0.2) is 4.98 Å². The molecule has 0 radical (unpaired) electrons. The van der Waals surface area contributed by atoms with E-state index in [4.69, 9.17) is 0 Å². The molecule has 1 aliphatic rings. The molecular formula is C12H19N3OS. The molecular weight excluding hydrogens is 234 g/mol. The lowest BCUT2D eigenvalue weighted by molar-refractivity contribution is -0.117. The number of aromatic nitrogens is 1. The first-order valence-corrected chi connectivity index (χ1v) is 6.96. The lowest BCUT2D eigenvalue weighted by atomic mass is 10.0. The highest BCUT2D eigenvalue weighted by molar-refractivity contribution is 7.13. The van der Waals surface area contributed by atoms with Crippen LogP contribution in [0.2, 0.25) is 0 Å². The van der Waals surface area contributed by atoms with Crippen LogP contribution in [0, 0.1) is 12.8 Å². The molecule has 1 aliphatic heterocycles. The molecule has 1 fully saturated rings. The van der Waals surface area contributed by atoms with Crippen LogP contribution < -0.4 is 5.32 Å². The molecule has 0 aromatic carbocycles. The number of likely N-dealkylation sites (tertiary alicyclic amines) is 1. The number of carbonyl (C=O) groups excluding carboxylic acids is 1. The van der Waals surface area contributed by atoms with E-state index >= 15 is 0 Å². The molecule has 1 atom stereocenters. The maximum absolute atomic E-state index is 11.8. The van der Waals surface area contributed by atoms with E-state index in [-0.39, 0.29) is 5.91 Å². The van der Waals surface area contributed by atoms with E-state index in [0.717, 1.165) is 18.8 Å². The Balaban J connectivity index is 1.80. The number of piperidine rings is 1. The van der Waals surface area contributed by atoms with Crippen LogP contribution in [0.25, 0.3) is 0 Å². The van der Waals surface area contributed by atoms with E-state index in [9.17, 15) is 4.79 Å². The summed E-state index contributed by atoms with van der Waals surface area (Å²) >= 11 is 1.48. The van der Waals surface area contributed by atoms with E-state index in [0.29, 0.717) is 17.6 Å². The Hall–Kier alpha value is -0.940. The van der Waals surface area contributed by atoms with E-state index in [2.05, 4.69) is 22.1 Å². The fourth-order valence-corrected chi connectivity index (χ4v) is 2.91. The van der Waals surface area contributed by atoms with Gasteiger partial charge in [0.1, 0.15) is 0 Å². The fourth-order valence-electron chi connectivity index (χ4n) is 2.20. The summed E-state index contributed by atoms with van der Waals surface area (Å²) in [6.45, 7) is 6.73. The number of anilines is 1. The van der Waals surface area contributed by atoms with E-state index in [1.54, 1.807) is 0 Å². The Kier molecular flexibility index (Phi) is 4.12. The van der Waals surface area contributed by atoms with Crippen LogP contribution in [0.5, 0.6) is 0 Å². The van der Waals surface area contributed by atoms with Crippen molar-refractivity contribution in [3.05, 3.63) is 11.1 Å². The number of aryl methyl sites for hydroxylation is 1. The monoisotopic (exact) mass is 253 g/mol. The highest BCUT2D eigenvalue weighted by Gasteiger charge is 2.18. The van der Waals surface area contributed by atoms with Crippen molar-refractivity contribution in [2.75, 3.05) is 25.0 Å². The summed E-state index contributed by atoms with van der Waals surface area (Å²) in [5.74, 6) is 0.757. The van der Waals surface area contributed by atoms with Crippen molar-refractivity contribution in [3.63, 3.8) is 0 Å². The molecule has 94 valence electrons. The number of thiazole rings is 1. The van der Waals surface area contributed by atoms with Crippen molar-refractivity contribution in [1.82, 2.24) is 9.88 Å². The van der Waals surface area contributed by atoms with Gasteiger partial charge in [-0.3, -0.25) is 9.69 Å². The largest absolute Gasteiger partial charge is 0.301 e. The molecule has 2 rings (SSSR count). The molecule has 0 bridgehead atoms. The van der Waals surface area contributed by atoms with Gasteiger partial charge in [-0.05, 0) is 32.2 Å². The summed E-state index contributed by atoms with van der Waals surface area (Å²) in [5.41, 5.74) is 0.955. The summed E-state index contributed by atoms with van der Waals surface area (Å²) in [4.78, 5) is 18.3. The Morgan fingerprint density at radius 3 is 3.18 bits per heavy atom. The number of amides is 1. The van der Waals surface area contributed by atoms with Gasteiger partial charge in [-0.1, -0.05) is 6.92 Å². The van der Waals surface area contributed by atoms with Gasteiger partial charge in [-0.15, -0.1) is 11.3 Å². The average Bonchev–Trinajstić information content (AvgIpc) is 2.63. The third-order valence-electron chi connectivity index (χ3n) is 2.97. The van der Waals surface area contributed by atoms with Gasteiger partial charge in [0.25, 0.3) is 0 Å². The minimum atomic E-state index is 0.0495. The summed E-state index contributed by atoms with van der Waals surface area (Å²) < 4.78 is 0. The van der Waals surface area contributed by atoms with Gasteiger partial charge in [0, 0.05) is 11.9 Å². The Bertz CT molecular complexity index is 391. The second-order valence-electron chi connectivity index (χ2n) is 4.82. The highest BCUT2D eigenvalue weighted by Crippen LogP contribution is 2.16. The molecule has 1 unspecified atom stereocenters. The summed E-state index contributed by atoms with van der Waals surface area (Å²) in [7, 11) is 0. The van der Waals surface area contributed by atoms with Crippen molar-refractivity contribution in [3.8, 4) is 0 Å². The first kappa shape index (κ1) is 12.5. The van der Waals surface area contributed by atoms with Crippen molar-refractivity contribution in [2.24, 2.45) is 5.92 Å². The minimum Gasteiger partial charge on any atom is -0.301 e. The first-order valence-electron chi connectivity index (χ1n) is 6.08. The van der Waals surface area contributed by atoms with Crippen LogP contribution in [0.4, 0.5) is 5.13 Å². The molecule has 1 amide bonds. The Morgan fingerprint density at radius 2 is 2.53 bits per heavy atom. The smallest absolute Gasteiger partial charge is 0.240 e. The Labute approximate surface area is 106 Å². The molecule has 2 heterocycles. The van der Waals surface area contributed by atoms with Crippen LogP contribution in [-0.2, 0) is 4.79 Å². The SMILES string of the molecule is Cc1csc(NC(=O)CN2CCCC(C)C2)n1. The zero-order valence-electron chi connectivity index (χ0n) is 10.4. The molecule has 1 N–H and O–H groups in total. The van der Waals surface area contributed by atoms with Gasteiger partial charge < -0.3 is 5.32 Å². The van der Waals surface area contributed by atoms with Crippen LogP contribution in [-0.4, -0.2) is 35.4 Å². The first-order chi connectivity index (χ1) is 8.13. The maximum atomic E-state index is 11.8. The van der Waals surface area contributed by atoms with Gasteiger partial charge in [-0.2, -0.15) is 0 Å². The molecule has 1 aromatic heterocycles. The number of nitrogens with one attached hydrogen (secondary N) is 1. The highest BCUT2D eigenvalue weighted by atomic mass is 32.1. The van der Waals surface area contributed by atoms with Crippen molar-refractivity contribution in [1.29, 1.82) is 0 Å². The van der Waals surface area contributed by atoms with E-state index in [1.807, 2.05) is 12.3 Å². The number of hydrogen-bond acceptors (Lipinski definition) is 4. The Morgan fingerprint density at radius 1 is 1.71 bits per heavy atom. The summed E-state index contributed by atoms with van der Waals surface area (Å²) in [6, 6.07) is 0. The summed E-state index contributed by atoms with van der Waals surface area (Å²) in [6.07, 6.45) is 2.48. The lowest BCUT2D eigenvalue weighted by Crippen LogP contribution is -2.39. The third-order valence-corrected chi connectivity index (χ3v) is 3.85. The zero-order valence-corrected chi connectivity index (χ0v) is 11.2.